The van der Waals surface area contributed by atoms with Crippen LogP contribution in [-0.2, 0) is 0 Å². The predicted molar refractivity (Wildman–Crippen MR) is 183 cm³/mol. The Hall–Kier alpha value is -5.66. The van der Waals surface area contributed by atoms with Crippen molar-refractivity contribution in [2.45, 2.75) is 0 Å². The lowest BCUT2D eigenvalue weighted by Crippen LogP contribution is -1.91. The standard InChI is InChI=1S/C42H26O/c1-2-11-27(12-3-1)29-21-23-39-37(25-29)38-26-30(22-24-40(38)43-39)41-33-16-6-8-18-35(33)42(36-19-9-7-17-34(36)41)32-20-10-14-28-13-4-5-15-31(28)32/h1-26H/i1D,2D,3D,11D,12D,21D,22D,23D,24D,25D,26D. The molecule has 0 aliphatic carbocycles. The molecule has 0 unspecified atom stereocenters. The zero-order valence-corrected chi connectivity index (χ0v) is 22.6. The Kier molecular flexibility index (Phi) is 3.41. The third kappa shape index (κ3) is 3.72. The average molecular weight is 558 g/mol. The van der Waals surface area contributed by atoms with Crippen molar-refractivity contribution in [2.75, 3.05) is 0 Å². The third-order valence-corrected chi connectivity index (χ3v) is 8.00. The molecule has 0 aliphatic rings. The highest BCUT2D eigenvalue weighted by Crippen LogP contribution is 2.46. The van der Waals surface area contributed by atoms with E-state index in [1.807, 2.05) is 66.7 Å². The van der Waals surface area contributed by atoms with Gasteiger partial charge in [0.05, 0.1) is 15.1 Å². The van der Waals surface area contributed by atoms with Gasteiger partial charge in [0.2, 0.25) is 0 Å². The normalized spacial score (nSPS) is 15.3. The first kappa shape index (κ1) is 15.5. The lowest BCUT2D eigenvalue weighted by molar-refractivity contribution is 0.669. The highest BCUT2D eigenvalue weighted by atomic mass is 16.3. The number of benzene rings is 8. The Morgan fingerprint density at radius 2 is 0.930 bits per heavy atom. The van der Waals surface area contributed by atoms with Crippen LogP contribution in [0.4, 0.5) is 0 Å². The van der Waals surface area contributed by atoms with E-state index >= 15 is 0 Å². The summed E-state index contributed by atoms with van der Waals surface area (Å²) < 4.78 is 103. The van der Waals surface area contributed by atoms with E-state index in [-0.39, 0.29) is 51.2 Å². The number of furan rings is 1. The molecule has 9 aromatic rings. The molecule has 8 aromatic carbocycles. The molecule has 1 aromatic heterocycles. The van der Waals surface area contributed by atoms with Crippen LogP contribution in [0.3, 0.4) is 0 Å². The van der Waals surface area contributed by atoms with E-state index in [1.54, 1.807) is 0 Å². The van der Waals surface area contributed by atoms with Crippen LogP contribution in [0.2, 0.25) is 0 Å². The monoisotopic (exact) mass is 557 g/mol. The van der Waals surface area contributed by atoms with Gasteiger partial charge in [-0.05, 0) is 89.9 Å². The van der Waals surface area contributed by atoms with Gasteiger partial charge in [-0.15, -0.1) is 0 Å². The van der Waals surface area contributed by atoms with Gasteiger partial charge in [0, 0.05) is 10.8 Å². The molecule has 1 nitrogen and oxygen atoms in total. The van der Waals surface area contributed by atoms with E-state index in [2.05, 4.69) is 24.3 Å². The molecule has 0 atom stereocenters. The molecule has 0 amide bonds. The van der Waals surface area contributed by atoms with Crippen molar-refractivity contribution < 1.29 is 19.5 Å². The summed E-state index contributed by atoms with van der Waals surface area (Å²) in [5, 5.41) is 5.16. The number of hydrogen-bond acceptors (Lipinski definition) is 1. The largest absolute Gasteiger partial charge is 0.456 e. The molecule has 43 heavy (non-hydrogen) atoms. The molecule has 1 heteroatoms. The van der Waals surface area contributed by atoms with Crippen LogP contribution >= 0.6 is 0 Å². The van der Waals surface area contributed by atoms with Crippen LogP contribution in [0.5, 0.6) is 0 Å². The van der Waals surface area contributed by atoms with Gasteiger partial charge in [-0.2, -0.15) is 0 Å². The van der Waals surface area contributed by atoms with Gasteiger partial charge in [-0.1, -0.05) is 133 Å². The molecule has 0 fully saturated rings. The number of fused-ring (bicyclic) bond motifs is 6. The fourth-order valence-corrected chi connectivity index (χ4v) is 6.15. The van der Waals surface area contributed by atoms with Crippen molar-refractivity contribution in [2.24, 2.45) is 0 Å². The second-order valence-corrected chi connectivity index (χ2v) is 10.4. The number of hydrogen-bond donors (Lipinski definition) is 0. The molecule has 200 valence electrons. The molecule has 0 spiro atoms. The van der Waals surface area contributed by atoms with Gasteiger partial charge >= 0.3 is 0 Å². The average Bonchev–Trinajstić information content (AvgIpc) is 3.60. The Labute approximate surface area is 264 Å². The van der Waals surface area contributed by atoms with E-state index in [4.69, 9.17) is 14.0 Å². The molecule has 0 saturated carbocycles. The smallest absolute Gasteiger partial charge is 0.135 e. The Morgan fingerprint density at radius 1 is 0.395 bits per heavy atom. The first-order valence-corrected chi connectivity index (χ1v) is 13.9. The highest BCUT2D eigenvalue weighted by molar-refractivity contribution is 6.24. The molecular weight excluding hydrogens is 520 g/mol. The maximum atomic E-state index is 9.75. The van der Waals surface area contributed by atoms with Gasteiger partial charge in [-0.3, -0.25) is 0 Å². The maximum absolute atomic E-state index is 9.75. The molecule has 0 saturated heterocycles. The van der Waals surface area contributed by atoms with E-state index in [9.17, 15) is 5.48 Å². The zero-order chi connectivity index (χ0) is 37.9. The summed E-state index contributed by atoms with van der Waals surface area (Å²) in [7, 11) is 0. The topological polar surface area (TPSA) is 13.1 Å². The van der Waals surface area contributed by atoms with E-state index in [1.165, 1.54) is 0 Å². The highest BCUT2D eigenvalue weighted by Gasteiger charge is 2.19. The molecule has 9 rings (SSSR count). The Balaban J connectivity index is 1.44. The van der Waals surface area contributed by atoms with Crippen molar-refractivity contribution in [3.8, 4) is 33.4 Å². The summed E-state index contributed by atoms with van der Waals surface area (Å²) in [5.41, 5.74) is 1.33. The van der Waals surface area contributed by atoms with Crippen LogP contribution in [0.25, 0.3) is 87.6 Å². The first-order valence-electron chi connectivity index (χ1n) is 19.4. The fourth-order valence-electron chi connectivity index (χ4n) is 6.15. The Bertz CT molecular complexity index is 3040. The first-order chi connectivity index (χ1) is 25.9. The molecule has 1 heterocycles. The zero-order valence-electron chi connectivity index (χ0n) is 33.6. The van der Waals surface area contributed by atoms with Gasteiger partial charge in [0.15, 0.2) is 0 Å². The molecular formula is C42H26O. The van der Waals surface area contributed by atoms with Crippen LogP contribution < -0.4 is 0 Å². The van der Waals surface area contributed by atoms with Crippen LogP contribution in [0.15, 0.2) is 162 Å². The summed E-state index contributed by atoms with van der Waals surface area (Å²) in [4.78, 5) is 0. The maximum Gasteiger partial charge on any atom is 0.135 e. The number of rotatable bonds is 3. The lowest BCUT2D eigenvalue weighted by atomic mass is 9.84. The van der Waals surface area contributed by atoms with Crippen molar-refractivity contribution in [1.29, 1.82) is 0 Å². The molecule has 0 aliphatic heterocycles. The molecule has 0 radical (unpaired) electrons. The van der Waals surface area contributed by atoms with Crippen LogP contribution in [0, 0.1) is 0 Å². The summed E-state index contributed by atoms with van der Waals surface area (Å²) >= 11 is 0. The van der Waals surface area contributed by atoms with Crippen LogP contribution in [-0.4, -0.2) is 0 Å². The summed E-state index contributed by atoms with van der Waals surface area (Å²) in [5.74, 6) is 0. The molecule has 0 N–H and O–H groups in total. The second-order valence-electron chi connectivity index (χ2n) is 10.4. The fraction of sp³-hybridized carbons (Fsp3) is 0. The van der Waals surface area contributed by atoms with Gasteiger partial charge in [0.25, 0.3) is 0 Å². The molecule has 0 bridgehead atoms. The van der Waals surface area contributed by atoms with Crippen molar-refractivity contribution in [1.82, 2.24) is 0 Å². The second kappa shape index (κ2) is 9.44. The minimum atomic E-state index is -0.657. The minimum absolute atomic E-state index is 0.0422. The SMILES string of the molecule is [2H]c1c([2H])c([2H])c(-c2c([2H])c([2H])c3oc4c([2H])c([2H])c(-c5c6ccccc6c(-c6cccc7ccccc67)c6ccccc56)c([2H])c4c3c2[2H])c([2H])c1[2H]. The van der Waals surface area contributed by atoms with Crippen LogP contribution in [0.1, 0.15) is 15.1 Å². The quantitative estimate of drug-likeness (QED) is 0.197. The predicted octanol–water partition coefficient (Wildman–Crippen LogP) is 12.0. The van der Waals surface area contributed by atoms with E-state index < -0.39 is 53.9 Å². The lowest BCUT2D eigenvalue weighted by Gasteiger charge is -2.18. The van der Waals surface area contributed by atoms with E-state index in [0.717, 1.165) is 43.4 Å². The van der Waals surface area contributed by atoms with Gasteiger partial charge < -0.3 is 4.42 Å². The summed E-state index contributed by atoms with van der Waals surface area (Å²) in [6.07, 6.45) is 0. The van der Waals surface area contributed by atoms with Gasteiger partial charge in [0.1, 0.15) is 11.2 Å². The van der Waals surface area contributed by atoms with Crippen molar-refractivity contribution in [3.63, 3.8) is 0 Å². The Morgan fingerprint density at radius 3 is 1.60 bits per heavy atom. The third-order valence-electron chi connectivity index (χ3n) is 8.00. The summed E-state index contributed by atoms with van der Waals surface area (Å²) in [6.45, 7) is 0. The minimum Gasteiger partial charge on any atom is -0.456 e. The van der Waals surface area contributed by atoms with Crippen molar-refractivity contribution in [3.05, 3.63) is 157 Å². The van der Waals surface area contributed by atoms with Gasteiger partial charge in [-0.25, -0.2) is 0 Å². The van der Waals surface area contributed by atoms with E-state index in [0.29, 0.717) is 5.56 Å². The van der Waals surface area contributed by atoms with Crippen molar-refractivity contribution >= 4 is 54.3 Å². The summed E-state index contributed by atoms with van der Waals surface area (Å²) in [6, 6.07) is 24.0.